The summed E-state index contributed by atoms with van der Waals surface area (Å²) in [5, 5.41) is 0. The molecule has 80 valence electrons. The summed E-state index contributed by atoms with van der Waals surface area (Å²) < 4.78 is 5.21. The van der Waals surface area contributed by atoms with Gasteiger partial charge in [-0.15, -0.1) is 0 Å². The van der Waals surface area contributed by atoms with Gasteiger partial charge < -0.3 is 21.6 Å². The van der Waals surface area contributed by atoms with Crippen LogP contribution in [-0.4, -0.2) is 45.2 Å². The molecule has 0 atom stereocenters. The zero-order chi connectivity index (χ0) is 10.2. The van der Waals surface area contributed by atoms with Crippen LogP contribution in [0.15, 0.2) is 12.7 Å². The van der Waals surface area contributed by atoms with Gasteiger partial charge in [-0.3, -0.25) is 0 Å². The number of methoxy groups -OCH3 is 1. The van der Waals surface area contributed by atoms with Crippen molar-refractivity contribution >= 4 is 5.97 Å². The van der Waals surface area contributed by atoms with E-state index in [0.717, 1.165) is 10.6 Å². The van der Waals surface area contributed by atoms with Crippen molar-refractivity contribution in [1.29, 1.82) is 0 Å². The van der Waals surface area contributed by atoms with E-state index in [1.54, 1.807) is 0 Å². The highest BCUT2D eigenvalue weighted by Crippen LogP contribution is 1.83. The SMILES string of the molecule is C=CC(=O)OC.CC[N+](C)(C)C.[Cl-]. The molecule has 0 spiro atoms. The lowest BCUT2D eigenvalue weighted by molar-refractivity contribution is -0.868. The van der Waals surface area contributed by atoms with Crippen LogP contribution in [0, 0.1) is 0 Å². The van der Waals surface area contributed by atoms with Gasteiger partial charge in [0.05, 0.1) is 34.8 Å². The molecule has 0 aliphatic heterocycles. The first-order chi connectivity index (χ1) is 5.37. The number of nitrogens with zero attached hydrogens (tertiary/aromatic N) is 1. The quantitative estimate of drug-likeness (QED) is 0.301. The zero-order valence-electron chi connectivity index (χ0n) is 9.13. The van der Waals surface area contributed by atoms with Gasteiger partial charge in [-0.2, -0.15) is 0 Å². The predicted molar refractivity (Wildman–Crippen MR) is 50.8 cm³/mol. The van der Waals surface area contributed by atoms with E-state index in [0.29, 0.717) is 0 Å². The normalized spacial score (nSPS) is 8.69. The highest BCUT2D eigenvalue weighted by atomic mass is 35.5. The highest BCUT2D eigenvalue weighted by Gasteiger charge is 1.97. The summed E-state index contributed by atoms with van der Waals surface area (Å²) in [7, 11) is 7.85. The summed E-state index contributed by atoms with van der Waals surface area (Å²) in [5.41, 5.74) is 0. The van der Waals surface area contributed by atoms with Gasteiger partial charge in [-0.1, -0.05) is 6.58 Å². The number of carbonyl (C=O) groups excluding carboxylic acids is 1. The molecule has 0 bridgehead atoms. The van der Waals surface area contributed by atoms with Crippen molar-refractivity contribution in [2.75, 3.05) is 34.8 Å². The fourth-order valence-electron chi connectivity index (χ4n) is 0.0833. The maximum atomic E-state index is 9.84. The molecule has 0 rings (SSSR count). The molecule has 0 unspecified atom stereocenters. The van der Waals surface area contributed by atoms with Crippen molar-refractivity contribution in [2.24, 2.45) is 0 Å². The first-order valence-electron chi connectivity index (χ1n) is 3.88. The van der Waals surface area contributed by atoms with Gasteiger partial charge in [0.15, 0.2) is 0 Å². The summed E-state index contributed by atoms with van der Waals surface area (Å²) in [4.78, 5) is 9.84. The second kappa shape index (κ2) is 9.55. The van der Waals surface area contributed by atoms with E-state index in [2.05, 4.69) is 39.4 Å². The number of quaternary nitrogens is 1. The molecule has 0 aromatic rings. The van der Waals surface area contributed by atoms with Crippen LogP contribution in [-0.2, 0) is 9.53 Å². The molecule has 0 fully saturated rings. The Hall–Kier alpha value is -0.540. The Labute approximate surface area is 87.4 Å². The molecule has 0 heterocycles. The van der Waals surface area contributed by atoms with Crippen molar-refractivity contribution in [2.45, 2.75) is 6.92 Å². The highest BCUT2D eigenvalue weighted by molar-refractivity contribution is 5.80. The van der Waals surface area contributed by atoms with Crippen molar-refractivity contribution < 1.29 is 26.4 Å². The third-order valence-electron chi connectivity index (χ3n) is 1.32. The number of carbonyl (C=O) groups is 1. The predicted octanol–water partition coefficient (Wildman–Crippen LogP) is -1.94. The largest absolute Gasteiger partial charge is 1.00 e. The van der Waals surface area contributed by atoms with Crippen LogP contribution in [0.5, 0.6) is 0 Å². The Balaban J connectivity index is -0.000000143. The molecule has 0 aliphatic rings. The molecule has 0 radical (unpaired) electrons. The van der Waals surface area contributed by atoms with Gasteiger partial charge in [-0.05, 0) is 6.92 Å². The molecule has 0 aromatic carbocycles. The fraction of sp³-hybridized carbons (Fsp3) is 0.667. The summed E-state index contributed by atoms with van der Waals surface area (Å²) in [6.07, 6.45) is 1.11. The van der Waals surface area contributed by atoms with E-state index in [4.69, 9.17) is 0 Å². The smallest absolute Gasteiger partial charge is 0.329 e. The number of rotatable bonds is 2. The van der Waals surface area contributed by atoms with E-state index in [9.17, 15) is 4.79 Å². The molecular weight excluding hydrogens is 190 g/mol. The number of hydrogen-bond donors (Lipinski definition) is 0. The van der Waals surface area contributed by atoms with Crippen LogP contribution < -0.4 is 12.4 Å². The molecular formula is C9H20ClNO2. The third kappa shape index (κ3) is 24.6. The molecule has 0 N–H and O–H groups in total. The maximum Gasteiger partial charge on any atom is 0.329 e. The van der Waals surface area contributed by atoms with Crippen LogP contribution in [0.25, 0.3) is 0 Å². The van der Waals surface area contributed by atoms with Crippen molar-refractivity contribution in [3.8, 4) is 0 Å². The van der Waals surface area contributed by atoms with E-state index >= 15 is 0 Å². The average Bonchev–Trinajstić information content (AvgIpc) is 2.03. The minimum Gasteiger partial charge on any atom is -1.00 e. The topological polar surface area (TPSA) is 26.3 Å². The van der Waals surface area contributed by atoms with Gasteiger partial charge in [0.1, 0.15) is 0 Å². The summed E-state index contributed by atoms with van der Waals surface area (Å²) >= 11 is 0. The fourth-order valence-corrected chi connectivity index (χ4v) is 0.0833. The van der Waals surface area contributed by atoms with Gasteiger partial charge in [0.25, 0.3) is 0 Å². The molecule has 0 aliphatic carbocycles. The van der Waals surface area contributed by atoms with E-state index in [-0.39, 0.29) is 12.4 Å². The zero-order valence-corrected chi connectivity index (χ0v) is 9.89. The monoisotopic (exact) mass is 209 g/mol. The van der Waals surface area contributed by atoms with E-state index in [1.807, 2.05) is 0 Å². The maximum absolute atomic E-state index is 9.84. The molecule has 0 saturated carbocycles. The summed E-state index contributed by atoms with van der Waals surface area (Å²) in [6.45, 7) is 6.55. The van der Waals surface area contributed by atoms with E-state index in [1.165, 1.54) is 13.7 Å². The number of esters is 1. The third-order valence-corrected chi connectivity index (χ3v) is 1.32. The van der Waals surface area contributed by atoms with Crippen LogP contribution in [0.2, 0.25) is 0 Å². The van der Waals surface area contributed by atoms with E-state index < -0.39 is 5.97 Å². The number of hydrogen-bond acceptors (Lipinski definition) is 2. The average molecular weight is 210 g/mol. The molecule has 0 aromatic heterocycles. The lowest BCUT2D eigenvalue weighted by atomic mass is 10.6. The van der Waals surface area contributed by atoms with Crippen LogP contribution in [0.4, 0.5) is 0 Å². The Morgan fingerprint density at radius 2 is 1.77 bits per heavy atom. The minimum absolute atomic E-state index is 0. The van der Waals surface area contributed by atoms with Gasteiger partial charge in [0, 0.05) is 6.08 Å². The Bertz CT molecular complexity index is 141. The van der Waals surface area contributed by atoms with Gasteiger partial charge >= 0.3 is 5.97 Å². The first kappa shape index (κ1) is 18.3. The Morgan fingerprint density at radius 1 is 1.46 bits per heavy atom. The van der Waals surface area contributed by atoms with Crippen LogP contribution >= 0.6 is 0 Å². The van der Waals surface area contributed by atoms with Crippen molar-refractivity contribution in [3.63, 3.8) is 0 Å². The van der Waals surface area contributed by atoms with Gasteiger partial charge in [-0.25, -0.2) is 4.79 Å². The standard InChI is InChI=1S/C5H14N.C4H6O2.ClH/c1-5-6(2,3)4;1-3-4(5)6-2;/h5H2,1-4H3;3H,1H2,2H3;1H/q+1;;/p-1. The van der Waals surface area contributed by atoms with Crippen molar-refractivity contribution in [1.82, 2.24) is 0 Å². The first-order valence-corrected chi connectivity index (χ1v) is 3.88. The minimum atomic E-state index is -0.394. The second-order valence-electron chi connectivity index (χ2n) is 3.33. The lowest BCUT2D eigenvalue weighted by Crippen LogP contribution is -3.00. The van der Waals surface area contributed by atoms with Gasteiger partial charge in [0.2, 0.25) is 0 Å². The van der Waals surface area contributed by atoms with Crippen LogP contribution in [0.1, 0.15) is 6.92 Å². The molecule has 0 saturated heterocycles. The number of halogens is 1. The van der Waals surface area contributed by atoms with Crippen molar-refractivity contribution in [3.05, 3.63) is 12.7 Å². The Morgan fingerprint density at radius 3 is 1.77 bits per heavy atom. The molecule has 3 nitrogen and oxygen atoms in total. The summed E-state index contributed by atoms with van der Waals surface area (Å²) in [6, 6.07) is 0. The molecule has 4 heteroatoms. The molecule has 13 heavy (non-hydrogen) atoms. The lowest BCUT2D eigenvalue weighted by Gasteiger charge is -2.20. The molecule has 0 amide bonds. The van der Waals surface area contributed by atoms with Crippen LogP contribution in [0.3, 0.4) is 0 Å². The summed E-state index contributed by atoms with van der Waals surface area (Å²) in [5.74, 6) is -0.394. The number of ether oxygens (including phenoxy) is 1. The Kier molecular flexibility index (Phi) is 13.4. The second-order valence-corrected chi connectivity index (χ2v) is 3.33.